The molecule has 1 aliphatic rings. The summed E-state index contributed by atoms with van der Waals surface area (Å²) in [5.74, 6) is 1.49. The fraction of sp³-hybridized carbons (Fsp3) is 0.364. The normalized spacial score (nSPS) is 16.7. The van der Waals surface area contributed by atoms with Crippen molar-refractivity contribution < 1.29 is 4.79 Å². The number of amides is 1. The third kappa shape index (κ3) is 4.13. The van der Waals surface area contributed by atoms with Gasteiger partial charge in [0.15, 0.2) is 11.6 Å². The Kier molecular flexibility index (Phi) is 5.29. The number of nitrogens with one attached hydrogen (secondary N) is 1. The molecule has 1 saturated heterocycles. The lowest BCUT2D eigenvalue weighted by Gasteiger charge is -2.32. The Labute approximate surface area is 170 Å². The van der Waals surface area contributed by atoms with E-state index in [1.165, 1.54) is 0 Å². The van der Waals surface area contributed by atoms with Crippen molar-refractivity contribution in [2.75, 3.05) is 23.3 Å². The number of nitrogens with zero attached hydrogens (tertiary/aromatic N) is 5. The fourth-order valence-electron chi connectivity index (χ4n) is 3.81. The Morgan fingerprint density at radius 3 is 2.52 bits per heavy atom. The first-order chi connectivity index (χ1) is 14.0. The van der Waals surface area contributed by atoms with E-state index in [0.29, 0.717) is 12.4 Å². The van der Waals surface area contributed by atoms with Crippen LogP contribution in [0, 0.1) is 26.7 Å². The Balaban J connectivity index is 1.45. The van der Waals surface area contributed by atoms with Crippen LogP contribution in [0.4, 0.5) is 11.5 Å². The predicted molar refractivity (Wildman–Crippen MR) is 113 cm³/mol. The molecule has 1 aliphatic heterocycles. The zero-order valence-corrected chi connectivity index (χ0v) is 17.1. The minimum Gasteiger partial charge on any atom is -0.354 e. The summed E-state index contributed by atoms with van der Waals surface area (Å²) in [6, 6.07) is 13.8. The minimum atomic E-state index is -0.0687. The van der Waals surface area contributed by atoms with Gasteiger partial charge in [-0.25, -0.2) is 4.68 Å². The third-order valence-electron chi connectivity index (χ3n) is 5.38. The van der Waals surface area contributed by atoms with Gasteiger partial charge in [0.25, 0.3) is 0 Å². The first-order valence-electron chi connectivity index (χ1n) is 10.00. The van der Waals surface area contributed by atoms with E-state index < -0.39 is 0 Å². The molecule has 0 spiro atoms. The molecule has 1 unspecified atom stereocenters. The smallest absolute Gasteiger partial charge is 0.229 e. The number of carbonyl (C=O) groups excluding carboxylic acids is 1. The van der Waals surface area contributed by atoms with Gasteiger partial charge in [-0.3, -0.25) is 4.79 Å². The quantitative estimate of drug-likeness (QED) is 0.738. The van der Waals surface area contributed by atoms with Crippen LogP contribution in [0.25, 0.3) is 5.82 Å². The third-order valence-corrected chi connectivity index (χ3v) is 5.38. The molecule has 7 heteroatoms. The number of aromatic nitrogens is 4. The first-order valence-corrected chi connectivity index (χ1v) is 10.00. The number of hydrogen-bond donors (Lipinski definition) is 1. The molecule has 3 heterocycles. The lowest BCUT2D eigenvalue weighted by Crippen LogP contribution is -2.41. The average molecular weight is 390 g/mol. The SMILES string of the molecule is Cc1cc(C)n(-c2ccc(N3CCCC(C(=O)Nc4ccccc4C)C3)nn2)n1. The molecule has 3 aromatic rings. The topological polar surface area (TPSA) is 75.9 Å². The van der Waals surface area contributed by atoms with E-state index in [4.69, 9.17) is 0 Å². The van der Waals surface area contributed by atoms with Crippen molar-refractivity contribution in [2.24, 2.45) is 5.92 Å². The van der Waals surface area contributed by atoms with Gasteiger partial charge in [0.2, 0.25) is 5.91 Å². The zero-order valence-electron chi connectivity index (χ0n) is 17.1. The highest BCUT2D eigenvalue weighted by molar-refractivity contribution is 5.93. The molecule has 1 N–H and O–H groups in total. The zero-order chi connectivity index (χ0) is 20.4. The van der Waals surface area contributed by atoms with Crippen LogP contribution in [-0.2, 0) is 4.79 Å². The van der Waals surface area contributed by atoms with Gasteiger partial charge in [-0.15, -0.1) is 10.2 Å². The number of piperidine rings is 1. The van der Waals surface area contributed by atoms with Crippen LogP contribution < -0.4 is 10.2 Å². The minimum absolute atomic E-state index is 0.0659. The Bertz CT molecular complexity index is 1010. The molecule has 4 rings (SSSR count). The molecule has 7 nitrogen and oxygen atoms in total. The van der Waals surface area contributed by atoms with E-state index in [0.717, 1.165) is 47.8 Å². The Hall–Kier alpha value is -3.22. The number of para-hydroxylation sites is 1. The van der Waals surface area contributed by atoms with Gasteiger partial charge in [0, 0.05) is 24.5 Å². The van der Waals surface area contributed by atoms with Crippen LogP contribution in [0.15, 0.2) is 42.5 Å². The molecule has 0 radical (unpaired) electrons. The highest BCUT2D eigenvalue weighted by Crippen LogP contribution is 2.24. The van der Waals surface area contributed by atoms with Crippen molar-refractivity contribution in [1.82, 2.24) is 20.0 Å². The van der Waals surface area contributed by atoms with Gasteiger partial charge < -0.3 is 10.2 Å². The highest BCUT2D eigenvalue weighted by Gasteiger charge is 2.27. The molecule has 0 saturated carbocycles. The molecular weight excluding hydrogens is 364 g/mol. The number of hydrogen-bond acceptors (Lipinski definition) is 5. The second kappa shape index (κ2) is 8.03. The first kappa shape index (κ1) is 19.1. The maximum Gasteiger partial charge on any atom is 0.229 e. The summed E-state index contributed by atoms with van der Waals surface area (Å²) in [7, 11) is 0. The summed E-state index contributed by atoms with van der Waals surface area (Å²) in [6.45, 7) is 7.48. The van der Waals surface area contributed by atoms with Crippen molar-refractivity contribution >= 4 is 17.4 Å². The fourth-order valence-corrected chi connectivity index (χ4v) is 3.81. The molecule has 2 aromatic heterocycles. The molecule has 1 amide bonds. The molecule has 1 fully saturated rings. The number of rotatable bonds is 4. The Morgan fingerprint density at radius 1 is 1.07 bits per heavy atom. The number of anilines is 2. The van der Waals surface area contributed by atoms with Gasteiger partial charge in [0.1, 0.15) is 0 Å². The van der Waals surface area contributed by atoms with E-state index in [9.17, 15) is 4.79 Å². The molecular formula is C22H26N6O. The van der Waals surface area contributed by atoms with E-state index >= 15 is 0 Å². The summed E-state index contributed by atoms with van der Waals surface area (Å²) in [6.07, 6.45) is 1.83. The van der Waals surface area contributed by atoms with Crippen LogP contribution in [0.1, 0.15) is 29.8 Å². The summed E-state index contributed by atoms with van der Waals surface area (Å²) in [5, 5.41) is 16.3. The van der Waals surface area contributed by atoms with Crippen molar-refractivity contribution in [2.45, 2.75) is 33.6 Å². The summed E-state index contributed by atoms with van der Waals surface area (Å²) in [4.78, 5) is 14.9. The molecule has 150 valence electrons. The van der Waals surface area contributed by atoms with Gasteiger partial charge in [-0.05, 0) is 63.4 Å². The van der Waals surface area contributed by atoms with Crippen LogP contribution >= 0.6 is 0 Å². The number of benzene rings is 1. The molecule has 29 heavy (non-hydrogen) atoms. The number of aryl methyl sites for hydroxylation is 3. The van der Waals surface area contributed by atoms with Crippen LogP contribution in [0.5, 0.6) is 0 Å². The van der Waals surface area contributed by atoms with E-state index in [1.807, 2.05) is 63.2 Å². The number of carbonyl (C=O) groups is 1. The maximum atomic E-state index is 12.8. The second-order valence-corrected chi connectivity index (χ2v) is 7.68. The molecule has 1 atom stereocenters. The summed E-state index contributed by atoms with van der Waals surface area (Å²) in [5.41, 5.74) is 3.92. The highest BCUT2D eigenvalue weighted by atomic mass is 16.1. The largest absolute Gasteiger partial charge is 0.354 e. The van der Waals surface area contributed by atoms with Gasteiger partial charge in [-0.1, -0.05) is 18.2 Å². The average Bonchev–Trinajstić information content (AvgIpc) is 3.08. The van der Waals surface area contributed by atoms with Crippen molar-refractivity contribution in [3.05, 3.63) is 59.4 Å². The molecule has 1 aromatic carbocycles. The standard InChI is InChI=1S/C22H26N6O/c1-15-7-4-5-9-19(15)23-22(29)18-8-6-12-27(14-18)20-10-11-21(25-24-20)28-17(3)13-16(2)26-28/h4-5,7,9-11,13,18H,6,8,12,14H2,1-3H3,(H,23,29). The lowest BCUT2D eigenvalue weighted by molar-refractivity contribution is -0.120. The van der Waals surface area contributed by atoms with Gasteiger partial charge in [-0.2, -0.15) is 5.10 Å². The van der Waals surface area contributed by atoms with Crippen LogP contribution in [0.3, 0.4) is 0 Å². The summed E-state index contributed by atoms with van der Waals surface area (Å²) >= 11 is 0. The van der Waals surface area contributed by atoms with E-state index in [-0.39, 0.29) is 11.8 Å². The lowest BCUT2D eigenvalue weighted by atomic mass is 9.97. The van der Waals surface area contributed by atoms with E-state index in [2.05, 4.69) is 25.5 Å². The van der Waals surface area contributed by atoms with Crippen molar-refractivity contribution in [3.8, 4) is 5.82 Å². The Morgan fingerprint density at radius 2 is 1.83 bits per heavy atom. The van der Waals surface area contributed by atoms with Crippen LogP contribution in [-0.4, -0.2) is 39.0 Å². The van der Waals surface area contributed by atoms with Crippen molar-refractivity contribution in [3.63, 3.8) is 0 Å². The van der Waals surface area contributed by atoms with Crippen molar-refractivity contribution in [1.29, 1.82) is 0 Å². The van der Waals surface area contributed by atoms with Gasteiger partial charge >= 0.3 is 0 Å². The van der Waals surface area contributed by atoms with Crippen LogP contribution in [0.2, 0.25) is 0 Å². The molecule has 0 aliphatic carbocycles. The second-order valence-electron chi connectivity index (χ2n) is 7.68. The van der Waals surface area contributed by atoms with E-state index in [1.54, 1.807) is 4.68 Å². The predicted octanol–water partition coefficient (Wildman–Crippen LogP) is 3.44. The summed E-state index contributed by atoms with van der Waals surface area (Å²) < 4.78 is 1.79. The van der Waals surface area contributed by atoms with Gasteiger partial charge in [0.05, 0.1) is 11.6 Å². The molecule has 0 bridgehead atoms. The monoisotopic (exact) mass is 390 g/mol. The maximum absolute atomic E-state index is 12.8.